The zero-order valence-corrected chi connectivity index (χ0v) is 17.0. The first-order chi connectivity index (χ1) is 13.8. The van der Waals surface area contributed by atoms with E-state index >= 15 is 0 Å². The Morgan fingerprint density at radius 2 is 2.03 bits per heavy atom. The SMILES string of the molecule is CC(C)(C)OC(=O)N1CCC(C2Cc3cc(-c4ccncc4F)ncc3O2)CC1. The molecule has 4 heterocycles. The van der Waals surface area contributed by atoms with Gasteiger partial charge in [0.25, 0.3) is 0 Å². The lowest BCUT2D eigenvalue weighted by atomic mass is 9.89. The highest BCUT2D eigenvalue weighted by atomic mass is 19.1. The summed E-state index contributed by atoms with van der Waals surface area (Å²) < 4.78 is 25.6. The summed E-state index contributed by atoms with van der Waals surface area (Å²) >= 11 is 0. The first-order valence-electron chi connectivity index (χ1n) is 10.0. The molecule has 0 N–H and O–H groups in total. The van der Waals surface area contributed by atoms with Gasteiger partial charge in [-0.25, -0.2) is 9.18 Å². The van der Waals surface area contributed by atoms with Crippen LogP contribution in [0.2, 0.25) is 0 Å². The van der Waals surface area contributed by atoms with Gasteiger partial charge < -0.3 is 14.4 Å². The molecule has 1 amide bonds. The molecule has 0 radical (unpaired) electrons. The summed E-state index contributed by atoms with van der Waals surface area (Å²) in [7, 11) is 0. The Labute approximate surface area is 170 Å². The van der Waals surface area contributed by atoms with Crippen LogP contribution in [0.15, 0.2) is 30.7 Å². The number of carbonyl (C=O) groups excluding carboxylic acids is 1. The number of hydrogen-bond donors (Lipinski definition) is 0. The number of fused-ring (bicyclic) bond motifs is 1. The highest BCUT2D eigenvalue weighted by Gasteiger charge is 2.35. The highest BCUT2D eigenvalue weighted by molar-refractivity contribution is 5.68. The van der Waals surface area contributed by atoms with Crippen LogP contribution < -0.4 is 4.74 Å². The summed E-state index contributed by atoms with van der Waals surface area (Å²) in [6.07, 6.45) is 6.76. The lowest BCUT2D eigenvalue weighted by Gasteiger charge is -2.35. The number of hydrogen-bond acceptors (Lipinski definition) is 5. The standard InChI is InChI=1S/C22H26FN3O3/c1-22(2,3)29-21(27)26-8-5-14(6-9-26)19-11-15-10-18(25-13-20(15)28-19)16-4-7-24-12-17(16)23/h4,7,10,12-14,19H,5-6,8-9,11H2,1-3H3. The van der Waals surface area contributed by atoms with Gasteiger partial charge in [0.1, 0.15) is 17.5 Å². The molecule has 29 heavy (non-hydrogen) atoms. The largest absolute Gasteiger partial charge is 0.488 e. The molecule has 6 nitrogen and oxygen atoms in total. The molecule has 0 aliphatic carbocycles. The maximum absolute atomic E-state index is 14.0. The number of amides is 1. The van der Waals surface area contributed by atoms with E-state index in [-0.39, 0.29) is 18.0 Å². The van der Waals surface area contributed by atoms with Crippen molar-refractivity contribution in [3.05, 3.63) is 42.1 Å². The third-order valence-electron chi connectivity index (χ3n) is 5.41. The fourth-order valence-electron chi connectivity index (χ4n) is 3.95. The number of piperidine rings is 1. The van der Waals surface area contributed by atoms with Gasteiger partial charge in [0.15, 0.2) is 5.82 Å². The minimum absolute atomic E-state index is 0.0603. The average molecular weight is 399 g/mol. The van der Waals surface area contributed by atoms with Crippen LogP contribution in [0.5, 0.6) is 5.75 Å². The van der Waals surface area contributed by atoms with Crippen molar-refractivity contribution in [2.24, 2.45) is 5.92 Å². The van der Waals surface area contributed by atoms with Gasteiger partial charge in [-0.15, -0.1) is 0 Å². The van der Waals surface area contributed by atoms with Crippen molar-refractivity contribution in [1.82, 2.24) is 14.9 Å². The Morgan fingerprint density at radius 3 is 2.72 bits per heavy atom. The van der Waals surface area contributed by atoms with Crippen molar-refractivity contribution in [2.75, 3.05) is 13.1 Å². The maximum Gasteiger partial charge on any atom is 0.410 e. The molecule has 2 aliphatic rings. The topological polar surface area (TPSA) is 64.5 Å². The van der Waals surface area contributed by atoms with Gasteiger partial charge in [0.05, 0.1) is 18.1 Å². The van der Waals surface area contributed by atoms with Crippen LogP contribution in [0.25, 0.3) is 11.3 Å². The Morgan fingerprint density at radius 1 is 1.28 bits per heavy atom. The van der Waals surface area contributed by atoms with Crippen molar-refractivity contribution in [1.29, 1.82) is 0 Å². The summed E-state index contributed by atoms with van der Waals surface area (Å²) in [4.78, 5) is 22.2. The molecule has 1 unspecified atom stereocenters. The second kappa shape index (κ2) is 7.61. The van der Waals surface area contributed by atoms with Crippen molar-refractivity contribution in [3.8, 4) is 17.0 Å². The Hall–Kier alpha value is -2.70. The van der Waals surface area contributed by atoms with Crippen LogP contribution in [0, 0.1) is 11.7 Å². The van der Waals surface area contributed by atoms with Crippen LogP contribution in [-0.2, 0) is 11.2 Å². The van der Waals surface area contributed by atoms with E-state index in [2.05, 4.69) is 9.97 Å². The summed E-state index contributed by atoms with van der Waals surface area (Å²) in [6, 6.07) is 3.54. The number of carbonyl (C=O) groups is 1. The molecule has 4 rings (SSSR count). The number of halogens is 1. The first-order valence-corrected chi connectivity index (χ1v) is 10.0. The van der Waals surface area contributed by atoms with E-state index in [9.17, 15) is 9.18 Å². The van der Waals surface area contributed by atoms with Crippen molar-refractivity contribution >= 4 is 6.09 Å². The van der Waals surface area contributed by atoms with Crippen LogP contribution in [0.4, 0.5) is 9.18 Å². The second-order valence-corrected chi connectivity index (χ2v) is 8.70. The smallest absolute Gasteiger partial charge is 0.410 e. The average Bonchev–Trinajstić information content (AvgIpc) is 3.10. The Kier molecular flexibility index (Phi) is 5.15. The molecule has 1 saturated heterocycles. The summed E-state index contributed by atoms with van der Waals surface area (Å²) in [5, 5.41) is 0. The van der Waals surface area contributed by atoms with E-state index in [0.717, 1.165) is 30.6 Å². The maximum atomic E-state index is 14.0. The second-order valence-electron chi connectivity index (χ2n) is 8.70. The van der Waals surface area contributed by atoms with Crippen LogP contribution in [-0.4, -0.2) is 45.8 Å². The fourth-order valence-corrected chi connectivity index (χ4v) is 3.95. The van der Waals surface area contributed by atoms with E-state index in [1.165, 1.54) is 6.20 Å². The molecule has 0 saturated carbocycles. The van der Waals surface area contributed by atoms with Gasteiger partial charge in [-0.2, -0.15) is 0 Å². The van der Waals surface area contributed by atoms with E-state index in [0.29, 0.717) is 30.3 Å². The third kappa shape index (κ3) is 4.33. The normalized spacial score (nSPS) is 19.6. The predicted molar refractivity (Wildman–Crippen MR) is 106 cm³/mol. The van der Waals surface area contributed by atoms with Gasteiger partial charge in [0.2, 0.25) is 0 Å². The number of pyridine rings is 2. The number of likely N-dealkylation sites (tertiary alicyclic amines) is 1. The minimum Gasteiger partial charge on any atom is -0.488 e. The van der Waals surface area contributed by atoms with Crippen LogP contribution >= 0.6 is 0 Å². The summed E-state index contributed by atoms with van der Waals surface area (Å²) in [5.74, 6) is 0.745. The number of nitrogens with zero attached hydrogens (tertiary/aromatic N) is 3. The molecule has 154 valence electrons. The summed E-state index contributed by atoms with van der Waals surface area (Å²) in [5.41, 5.74) is 1.60. The molecule has 0 aromatic carbocycles. The fraction of sp³-hybridized carbons (Fsp3) is 0.500. The third-order valence-corrected chi connectivity index (χ3v) is 5.41. The number of rotatable bonds is 2. The number of aromatic nitrogens is 2. The zero-order chi connectivity index (χ0) is 20.6. The first kappa shape index (κ1) is 19.6. The van der Waals surface area contributed by atoms with Crippen LogP contribution in [0.3, 0.4) is 0 Å². The molecule has 2 aromatic heterocycles. The van der Waals surface area contributed by atoms with Gasteiger partial charge in [-0.05, 0) is 51.7 Å². The van der Waals surface area contributed by atoms with Crippen LogP contribution in [0.1, 0.15) is 39.2 Å². The van der Waals surface area contributed by atoms with Gasteiger partial charge in [-0.3, -0.25) is 9.97 Å². The quantitative estimate of drug-likeness (QED) is 0.756. The summed E-state index contributed by atoms with van der Waals surface area (Å²) in [6.45, 7) is 6.97. The molecule has 2 aliphatic heterocycles. The molecule has 0 spiro atoms. The molecule has 1 fully saturated rings. The van der Waals surface area contributed by atoms with Crippen molar-refractivity contribution in [3.63, 3.8) is 0 Å². The molecular formula is C22H26FN3O3. The Balaban J connectivity index is 1.38. The molecular weight excluding hydrogens is 373 g/mol. The van der Waals surface area contributed by atoms with Gasteiger partial charge in [0, 0.05) is 36.8 Å². The number of ether oxygens (including phenoxy) is 2. The minimum atomic E-state index is -0.483. The van der Waals surface area contributed by atoms with E-state index in [4.69, 9.17) is 9.47 Å². The highest BCUT2D eigenvalue weighted by Crippen LogP contribution is 2.36. The lowest BCUT2D eigenvalue weighted by molar-refractivity contribution is 0.0123. The monoisotopic (exact) mass is 399 g/mol. The van der Waals surface area contributed by atoms with E-state index < -0.39 is 5.60 Å². The van der Waals surface area contributed by atoms with Crippen molar-refractivity contribution < 1.29 is 18.7 Å². The Bertz CT molecular complexity index is 904. The molecule has 2 aromatic rings. The van der Waals surface area contributed by atoms with Gasteiger partial charge in [-0.1, -0.05) is 0 Å². The predicted octanol–water partition coefficient (Wildman–Crippen LogP) is 4.23. The van der Waals surface area contributed by atoms with Gasteiger partial charge >= 0.3 is 6.09 Å². The van der Waals surface area contributed by atoms with Crippen molar-refractivity contribution in [2.45, 2.75) is 51.7 Å². The lowest BCUT2D eigenvalue weighted by Crippen LogP contribution is -2.44. The van der Waals surface area contributed by atoms with E-state index in [1.54, 1.807) is 23.4 Å². The van der Waals surface area contributed by atoms with E-state index in [1.807, 2.05) is 26.8 Å². The molecule has 0 bridgehead atoms. The molecule has 1 atom stereocenters. The zero-order valence-electron chi connectivity index (χ0n) is 17.0. The molecule has 7 heteroatoms.